The van der Waals surface area contributed by atoms with Gasteiger partial charge in [-0.25, -0.2) is 9.80 Å². The smallest absolute Gasteiger partial charge is 0.411 e. The number of piperazine rings is 1. The molecule has 2 aromatic carbocycles. The Morgan fingerprint density at radius 3 is 2.63 bits per heavy atom. The van der Waals surface area contributed by atoms with Gasteiger partial charge < -0.3 is 19.5 Å². The molecule has 2 heterocycles. The third kappa shape index (κ3) is 7.86. The van der Waals surface area contributed by atoms with Crippen LogP contribution in [0.4, 0.5) is 15.3 Å². The van der Waals surface area contributed by atoms with Crippen molar-refractivity contribution in [2.24, 2.45) is 5.10 Å². The number of methoxy groups -OCH3 is 1. The van der Waals surface area contributed by atoms with Crippen LogP contribution in [0.2, 0.25) is 0 Å². The van der Waals surface area contributed by atoms with Gasteiger partial charge in [-0.3, -0.25) is 15.0 Å². The van der Waals surface area contributed by atoms with Crippen molar-refractivity contribution in [3.05, 3.63) is 53.6 Å². The van der Waals surface area contributed by atoms with Gasteiger partial charge in [0.1, 0.15) is 6.61 Å². The number of hydrogen-bond donors (Lipinski definition) is 2. The van der Waals surface area contributed by atoms with Crippen molar-refractivity contribution in [1.29, 1.82) is 0 Å². The molecular weight excluding hydrogens is 506 g/mol. The van der Waals surface area contributed by atoms with Crippen LogP contribution in [0.15, 0.2) is 47.6 Å². The van der Waals surface area contributed by atoms with E-state index in [1.165, 1.54) is 16.8 Å². The second-order valence-electron chi connectivity index (χ2n) is 8.92. The monoisotopic (exact) mass is 541 g/mol. The first-order chi connectivity index (χ1) is 18.6. The minimum atomic E-state index is -0.480. The number of carbonyl (C=O) groups is 2. The van der Waals surface area contributed by atoms with Crippen molar-refractivity contribution < 1.29 is 23.8 Å². The van der Waals surface area contributed by atoms with E-state index < -0.39 is 6.09 Å². The fraction of sp³-hybridized carbons (Fsp3) is 0.444. The Kier molecular flexibility index (Phi) is 10.2. The number of carbonyl (C=O) groups excluding carboxylic acids is 2. The third-order valence-corrected chi connectivity index (χ3v) is 7.00. The van der Waals surface area contributed by atoms with Crippen LogP contribution in [-0.4, -0.2) is 85.8 Å². The molecule has 0 atom stereocenters. The summed E-state index contributed by atoms with van der Waals surface area (Å²) in [6.45, 7) is 7.87. The molecule has 10 nitrogen and oxygen atoms in total. The molecule has 2 aliphatic heterocycles. The molecule has 1 fully saturated rings. The molecule has 204 valence electrons. The quantitative estimate of drug-likeness (QED) is 0.440. The van der Waals surface area contributed by atoms with Crippen molar-refractivity contribution in [2.75, 3.05) is 64.1 Å². The summed E-state index contributed by atoms with van der Waals surface area (Å²) in [5.41, 5.74) is 3.20. The Labute approximate surface area is 227 Å². The summed E-state index contributed by atoms with van der Waals surface area (Å²) in [6.07, 6.45) is 0.408. The second-order valence-corrected chi connectivity index (χ2v) is 9.85. The van der Waals surface area contributed by atoms with Crippen LogP contribution in [-0.2, 0) is 11.3 Å². The average Bonchev–Trinajstić information content (AvgIpc) is 2.94. The number of nitrogens with one attached hydrogen (secondary N) is 2. The molecule has 11 heteroatoms. The lowest BCUT2D eigenvalue weighted by Gasteiger charge is -2.26. The van der Waals surface area contributed by atoms with Gasteiger partial charge in [-0.2, -0.15) is 5.10 Å². The number of benzene rings is 2. The van der Waals surface area contributed by atoms with Gasteiger partial charge in [0.2, 0.25) is 0 Å². The molecule has 2 N–H and O–H groups in total. The normalized spacial score (nSPS) is 16.1. The van der Waals surface area contributed by atoms with Gasteiger partial charge in [0.05, 0.1) is 26.0 Å². The molecule has 2 aliphatic rings. The minimum absolute atomic E-state index is 0.111. The Morgan fingerprint density at radius 2 is 1.89 bits per heavy atom. The lowest BCUT2D eigenvalue weighted by Crippen LogP contribution is -2.44. The summed E-state index contributed by atoms with van der Waals surface area (Å²) in [6, 6.07) is 13.0. The zero-order valence-corrected chi connectivity index (χ0v) is 22.7. The predicted octanol–water partition coefficient (Wildman–Crippen LogP) is 4.01. The fourth-order valence-corrected chi connectivity index (χ4v) is 4.80. The maximum absolute atomic E-state index is 12.6. The maximum Gasteiger partial charge on any atom is 0.411 e. The third-order valence-electron chi connectivity index (χ3n) is 6.13. The molecule has 0 saturated carbocycles. The summed E-state index contributed by atoms with van der Waals surface area (Å²) in [4.78, 5) is 27.0. The zero-order valence-electron chi connectivity index (χ0n) is 21.9. The van der Waals surface area contributed by atoms with E-state index in [0.717, 1.165) is 56.0 Å². The maximum atomic E-state index is 12.6. The Balaban J connectivity index is 1.33. The number of hydrazone groups is 1. The van der Waals surface area contributed by atoms with E-state index in [0.29, 0.717) is 42.7 Å². The van der Waals surface area contributed by atoms with Crippen molar-refractivity contribution in [1.82, 2.24) is 15.2 Å². The Morgan fingerprint density at radius 1 is 1.11 bits per heavy atom. The van der Waals surface area contributed by atoms with Crippen LogP contribution >= 0.6 is 11.8 Å². The number of thioether (sulfide) groups is 1. The zero-order chi connectivity index (χ0) is 26.7. The first-order valence-electron chi connectivity index (χ1n) is 12.8. The van der Waals surface area contributed by atoms with Crippen LogP contribution in [0, 0.1) is 0 Å². The molecule has 2 aromatic rings. The molecule has 0 aromatic heterocycles. The van der Waals surface area contributed by atoms with Crippen LogP contribution in [0.1, 0.15) is 24.5 Å². The average molecular weight is 542 g/mol. The van der Waals surface area contributed by atoms with E-state index in [1.54, 1.807) is 19.2 Å². The number of rotatable bonds is 11. The molecule has 38 heavy (non-hydrogen) atoms. The minimum Gasteiger partial charge on any atom is -0.493 e. The van der Waals surface area contributed by atoms with Gasteiger partial charge in [0, 0.05) is 49.7 Å². The molecule has 0 aliphatic carbocycles. The summed E-state index contributed by atoms with van der Waals surface area (Å²) < 4.78 is 16.5. The Bertz CT molecular complexity index is 1120. The van der Waals surface area contributed by atoms with Gasteiger partial charge in [0.25, 0.3) is 0 Å². The van der Waals surface area contributed by atoms with Crippen molar-refractivity contribution in [3.63, 3.8) is 0 Å². The van der Waals surface area contributed by atoms with Crippen molar-refractivity contribution in [2.45, 2.75) is 19.9 Å². The number of ether oxygens (including phenoxy) is 3. The standard InChI is InChI=1S/C27H35N5O5S/c1-3-15-36-25-17-21(6-9-24(25)35-2)23-19-38-27(34)32(30-23)18-20-4-7-22(8-5-20)29-26(33)37-16-14-31-12-10-28-11-13-31/h4-9,17,28H,3,10-16,18-19H2,1-2H3,(H,29,33). The van der Waals surface area contributed by atoms with E-state index >= 15 is 0 Å². The van der Waals surface area contributed by atoms with Crippen molar-refractivity contribution in [3.8, 4) is 11.5 Å². The fourth-order valence-electron chi connectivity index (χ4n) is 4.06. The van der Waals surface area contributed by atoms with Gasteiger partial charge in [0.15, 0.2) is 11.5 Å². The summed E-state index contributed by atoms with van der Waals surface area (Å²) in [5, 5.41) is 12.0. The summed E-state index contributed by atoms with van der Waals surface area (Å²) in [5.74, 6) is 1.80. The molecule has 0 bridgehead atoms. The van der Waals surface area contributed by atoms with E-state index in [1.807, 2.05) is 37.3 Å². The van der Waals surface area contributed by atoms with Crippen molar-refractivity contribution >= 4 is 34.5 Å². The SMILES string of the molecule is CCCOc1cc(C2=NN(Cc3ccc(NC(=O)OCCN4CCNCC4)cc3)C(=O)SC2)ccc1OC. The van der Waals surface area contributed by atoms with E-state index in [2.05, 4.69) is 20.6 Å². The van der Waals surface area contributed by atoms with Crippen LogP contribution < -0.4 is 20.1 Å². The first kappa shape index (κ1) is 27.7. The number of nitrogens with zero attached hydrogens (tertiary/aromatic N) is 3. The largest absolute Gasteiger partial charge is 0.493 e. The van der Waals surface area contributed by atoms with Gasteiger partial charge in [-0.1, -0.05) is 30.8 Å². The van der Waals surface area contributed by atoms with Gasteiger partial charge >= 0.3 is 11.3 Å². The van der Waals surface area contributed by atoms with E-state index in [9.17, 15) is 9.59 Å². The lowest BCUT2D eigenvalue weighted by atomic mass is 10.1. The predicted molar refractivity (Wildman–Crippen MR) is 149 cm³/mol. The topological polar surface area (TPSA) is 105 Å². The van der Waals surface area contributed by atoms with E-state index in [-0.39, 0.29) is 5.24 Å². The highest BCUT2D eigenvalue weighted by atomic mass is 32.2. The number of hydrogen-bond acceptors (Lipinski definition) is 9. The number of amides is 2. The first-order valence-corrected chi connectivity index (χ1v) is 13.8. The molecule has 4 rings (SSSR count). The highest BCUT2D eigenvalue weighted by molar-refractivity contribution is 8.14. The van der Waals surface area contributed by atoms with Crippen LogP contribution in [0.3, 0.4) is 0 Å². The molecule has 0 radical (unpaired) electrons. The summed E-state index contributed by atoms with van der Waals surface area (Å²) in [7, 11) is 1.61. The molecule has 0 spiro atoms. The molecule has 0 unspecified atom stereocenters. The van der Waals surface area contributed by atoms with E-state index in [4.69, 9.17) is 14.2 Å². The molecule has 2 amide bonds. The lowest BCUT2D eigenvalue weighted by molar-refractivity contribution is 0.134. The second kappa shape index (κ2) is 14.0. The molecule has 1 saturated heterocycles. The van der Waals surface area contributed by atoms with Crippen LogP contribution in [0.25, 0.3) is 0 Å². The highest BCUT2D eigenvalue weighted by Gasteiger charge is 2.23. The van der Waals surface area contributed by atoms with Crippen LogP contribution in [0.5, 0.6) is 11.5 Å². The number of anilines is 1. The van der Waals surface area contributed by atoms with Gasteiger partial charge in [-0.05, 0) is 42.3 Å². The van der Waals surface area contributed by atoms with Gasteiger partial charge in [-0.15, -0.1) is 0 Å². The highest BCUT2D eigenvalue weighted by Crippen LogP contribution is 2.30. The Hall–Kier alpha value is -3.28. The summed E-state index contributed by atoms with van der Waals surface area (Å²) >= 11 is 1.22. The molecular formula is C27H35N5O5S.